The third-order valence-corrected chi connectivity index (χ3v) is 3.16. The SMILES string of the molecule is CCCCNc1cc(N2CCOC(CO)C2)ncn1. The summed E-state index contributed by atoms with van der Waals surface area (Å²) in [5.74, 6) is 1.74. The predicted octanol–water partition coefficient (Wildman–Crippen LogP) is 0.886. The Kier molecular flexibility index (Phi) is 5.35. The minimum Gasteiger partial charge on any atom is -0.394 e. The van der Waals surface area contributed by atoms with Crippen molar-refractivity contribution in [3.05, 3.63) is 12.4 Å². The first-order chi connectivity index (χ1) is 9.33. The largest absolute Gasteiger partial charge is 0.394 e. The number of aliphatic hydroxyl groups excluding tert-OH is 1. The van der Waals surface area contributed by atoms with Crippen LogP contribution in [0, 0.1) is 0 Å². The van der Waals surface area contributed by atoms with Gasteiger partial charge in [0.15, 0.2) is 0 Å². The quantitative estimate of drug-likeness (QED) is 0.745. The van der Waals surface area contributed by atoms with E-state index in [0.29, 0.717) is 13.2 Å². The fourth-order valence-electron chi connectivity index (χ4n) is 2.05. The Hall–Kier alpha value is -1.40. The molecule has 1 saturated heterocycles. The normalized spacial score (nSPS) is 19.5. The van der Waals surface area contributed by atoms with Crippen LogP contribution in [0.4, 0.5) is 11.6 Å². The van der Waals surface area contributed by atoms with E-state index in [1.54, 1.807) is 6.33 Å². The Morgan fingerprint density at radius 3 is 3.21 bits per heavy atom. The van der Waals surface area contributed by atoms with Crippen LogP contribution in [0.5, 0.6) is 0 Å². The van der Waals surface area contributed by atoms with Gasteiger partial charge in [0.2, 0.25) is 0 Å². The van der Waals surface area contributed by atoms with Crippen LogP contribution >= 0.6 is 0 Å². The summed E-state index contributed by atoms with van der Waals surface area (Å²) in [7, 11) is 0. The maximum Gasteiger partial charge on any atom is 0.134 e. The van der Waals surface area contributed by atoms with Crippen molar-refractivity contribution in [3.8, 4) is 0 Å². The lowest BCUT2D eigenvalue weighted by Gasteiger charge is -2.32. The molecular weight excluding hydrogens is 244 g/mol. The van der Waals surface area contributed by atoms with Crippen molar-refractivity contribution in [1.82, 2.24) is 9.97 Å². The van der Waals surface area contributed by atoms with Gasteiger partial charge in [-0.05, 0) is 6.42 Å². The van der Waals surface area contributed by atoms with E-state index in [1.165, 1.54) is 0 Å². The van der Waals surface area contributed by atoms with E-state index in [1.807, 2.05) is 6.07 Å². The van der Waals surface area contributed by atoms with Crippen LogP contribution in [0.15, 0.2) is 12.4 Å². The molecule has 0 radical (unpaired) electrons. The Balaban J connectivity index is 1.97. The fraction of sp³-hybridized carbons (Fsp3) is 0.692. The molecule has 0 spiro atoms. The van der Waals surface area contributed by atoms with E-state index in [9.17, 15) is 0 Å². The second kappa shape index (κ2) is 7.25. The number of nitrogens with zero attached hydrogens (tertiary/aromatic N) is 3. The second-order valence-corrected chi connectivity index (χ2v) is 4.66. The molecule has 0 aromatic carbocycles. The number of aromatic nitrogens is 2. The Bertz CT molecular complexity index is 389. The molecule has 1 atom stereocenters. The molecule has 1 aliphatic heterocycles. The van der Waals surface area contributed by atoms with E-state index in [-0.39, 0.29) is 12.7 Å². The highest BCUT2D eigenvalue weighted by molar-refractivity contribution is 5.48. The molecule has 1 aromatic heterocycles. The lowest BCUT2D eigenvalue weighted by atomic mass is 10.3. The van der Waals surface area contributed by atoms with Crippen molar-refractivity contribution in [2.24, 2.45) is 0 Å². The molecule has 19 heavy (non-hydrogen) atoms. The smallest absolute Gasteiger partial charge is 0.134 e. The number of nitrogens with one attached hydrogen (secondary N) is 1. The Morgan fingerprint density at radius 2 is 2.42 bits per heavy atom. The number of hydrogen-bond donors (Lipinski definition) is 2. The topological polar surface area (TPSA) is 70.5 Å². The molecule has 0 saturated carbocycles. The Labute approximate surface area is 113 Å². The Morgan fingerprint density at radius 1 is 1.53 bits per heavy atom. The van der Waals surface area contributed by atoms with Gasteiger partial charge >= 0.3 is 0 Å². The number of unbranched alkanes of at least 4 members (excludes halogenated alkanes) is 1. The molecule has 1 unspecified atom stereocenters. The highest BCUT2D eigenvalue weighted by Gasteiger charge is 2.20. The van der Waals surface area contributed by atoms with Crippen molar-refractivity contribution < 1.29 is 9.84 Å². The highest BCUT2D eigenvalue weighted by Crippen LogP contribution is 2.17. The van der Waals surface area contributed by atoms with E-state index in [2.05, 4.69) is 27.1 Å². The lowest BCUT2D eigenvalue weighted by Crippen LogP contribution is -2.44. The zero-order valence-corrected chi connectivity index (χ0v) is 11.4. The average Bonchev–Trinajstić information content (AvgIpc) is 2.48. The van der Waals surface area contributed by atoms with Gasteiger partial charge in [-0.15, -0.1) is 0 Å². The molecule has 2 heterocycles. The summed E-state index contributed by atoms with van der Waals surface area (Å²) in [6, 6.07) is 1.95. The second-order valence-electron chi connectivity index (χ2n) is 4.66. The van der Waals surface area contributed by atoms with Crippen LogP contribution in [0.1, 0.15) is 19.8 Å². The standard InChI is InChI=1S/C13H22N4O2/c1-2-3-4-14-12-7-13(16-10-15-12)17-5-6-19-11(8-17)9-18/h7,10-11,18H,2-6,8-9H2,1H3,(H,14,15,16). The zero-order valence-electron chi connectivity index (χ0n) is 11.4. The van der Waals surface area contributed by atoms with Gasteiger partial charge in [0.05, 0.1) is 19.3 Å². The van der Waals surface area contributed by atoms with E-state index in [0.717, 1.165) is 37.6 Å². The number of morpholine rings is 1. The average molecular weight is 266 g/mol. The van der Waals surface area contributed by atoms with Crippen molar-refractivity contribution in [2.75, 3.05) is 43.1 Å². The summed E-state index contributed by atoms with van der Waals surface area (Å²) < 4.78 is 5.44. The first-order valence-corrected chi connectivity index (χ1v) is 6.86. The number of rotatable bonds is 6. The number of ether oxygens (including phenoxy) is 1. The highest BCUT2D eigenvalue weighted by atomic mass is 16.5. The maximum absolute atomic E-state index is 9.16. The van der Waals surface area contributed by atoms with Crippen LogP contribution in [-0.4, -0.2) is 54.0 Å². The first kappa shape index (κ1) is 14.0. The van der Waals surface area contributed by atoms with Gasteiger partial charge in [-0.1, -0.05) is 13.3 Å². The predicted molar refractivity (Wildman–Crippen MR) is 74.5 cm³/mol. The molecule has 6 nitrogen and oxygen atoms in total. The van der Waals surface area contributed by atoms with Crippen LogP contribution in [-0.2, 0) is 4.74 Å². The summed E-state index contributed by atoms with van der Waals surface area (Å²) in [6.45, 7) is 5.21. The molecule has 6 heteroatoms. The summed E-state index contributed by atoms with van der Waals surface area (Å²) in [6.07, 6.45) is 3.74. The molecule has 0 aliphatic carbocycles. The number of hydrogen-bond acceptors (Lipinski definition) is 6. The minimum atomic E-state index is -0.125. The molecule has 1 aromatic rings. The lowest BCUT2D eigenvalue weighted by molar-refractivity contribution is 0.00336. The zero-order chi connectivity index (χ0) is 13.5. The van der Waals surface area contributed by atoms with Crippen molar-refractivity contribution in [2.45, 2.75) is 25.9 Å². The summed E-state index contributed by atoms with van der Waals surface area (Å²) in [5.41, 5.74) is 0. The molecule has 2 N–H and O–H groups in total. The van der Waals surface area contributed by atoms with Gasteiger partial charge in [-0.2, -0.15) is 0 Å². The minimum absolute atomic E-state index is 0.0448. The molecular formula is C13H22N4O2. The molecule has 1 fully saturated rings. The first-order valence-electron chi connectivity index (χ1n) is 6.86. The fourth-order valence-corrected chi connectivity index (χ4v) is 2.05. The van der Waals surface area contributed by atoms with Crippen molar-refractivity contribution in [3.63, 3.8) is 0 Å². The molecule has 106 valence electrons. The van der Waals surface area contributed by atoms with E-state index >= 15 is 0 Å². The number of aliphatic hydroxyl groups is 1. The monoisotopic (exact) mass is 266 g/mol. The molecule has 2 rings (SSSR count). The molecule has 0 bridgehead atoms. The summed E-state index contributed by atoms with van der Waals surface area (Å²) >= 11 is 0. The maximum atomic E-state index is 9.16. The molecule has 1 aliphatic rings. The van der Waals surface area contributed by atoms with Gasteiger partial charge in [0, 0.05) is 25.7 Å². The van der Waals surface area contributed by atoms with Crippen molar-refractivity contribution >= 4 is 11.6 Å². The van der Waals surface area contributed by atoms with Crippen LogP contribution < -0.4 is 10.2 Å². The van der Waals surface area contributed by atoms with E-state index < -0.39 is 0 Å². The summed E-state index contributed by atoms with van der Waals surface area (Å²) in [4.78, 5) is 10.6. The van der Waals surface area contributed by atoms with Crippen molar-refractivity contribution in [1.29, 1.82) is 0 Å². The van der Waals surface area contributed by atoms with Crippen LogP contribution in [0.3, 0.4) is 0 Å². The van der Waals surface area contributed by atoms with Gasteiger partial charge in [-0.25, -0.2) is 9.97 Å². The van der Waals surface area contributed by atoms with Crippen LogP contribution in [0.25, 0.3) is 0 Å². The van der Waals surface area contributed by atoms with Crippen LogP contribution in [0.2, 0.25) is 0 Å². The van der Waals surface area contributed by atoms with Gasteiger partial charge < -0.3 is 20.1 Å². The van der Waals surface area contributed by atoms with Gasteiger partial charge in [0.1, 0.15) is 18.0 Å². The van der Waals surface area contributed by atoms with Gasteiger partial charge in [-0.3, -0.25) is 0 Å². The third kappa shape index (κ3) is 4.04. The third-order valence-electron chi connectivity index (χ3n) is 3.16. The van der Waals surface area contributed by atoms with E-state index in [4.69, 9.17) is 9.84 Å². The van der Waals surface area contributed by atoms with Gasteiger partial charge in [0.25, 0.3) is 0 Å². The number of anilines is 2. The molecule has 0 amide bonds. The summed E-state index contributed by atoms with van der Waals surface area (Å²) in [5, 5.41) is 12.4.